The zero-order chi connectivity index (χ0) is 15.9. The summed E-state index contributed by atoms with van der Waals surface area (Å²) in [4.78, 5) is 6.99. The fraction of sp³-hybridized carbons (Fsp3) is 0.235. The molecule has 24 heavy (non-hydrogen) atoms. The Kier molecular flexibility index (Phi) is 3.12. The highest BCUT2D eigenvalue weighted by atomic mass is 32.1. The van der Waals surface area contributed by atoms with E-state index in [0.29, 0.717) is 6.04 Å². The molecule has 0 spiro atoms. The summed E-state index contributed by atoms with van der Waals surface area (Å²) in [6.07, 6.45) is 10.9. The number of imidazole rings is 1. The maximum atomic E-state index is 4.62. The lowest BCUT2D eigenvalue weighted by atomic mass is 9.93. The minimum atomic E-state index is 0.435. The van der Waals surface area contributed by atoms with Crippen LogP contribution >= 0.6 is 11.3 Å². The van der Waals surface area contributed by atoms with Gasteiger partial charge in [-0.05, 0) is 43.0 Å². The SMILES string of the molecule is c1cc(-c2ccc(-c3nccn3[C@H]3CCc4[nH]ncc4C3)s2)[nH]n1. The van der Waals surface area contributed by atoms with Crippen LogP contribution in [0.3, 0.4) is 0 Å². The van der Waals surface area contributed by atoms with Crippen molar-refractivity contribution in [1.29, 1.82) is 0 Å². The van der Waals surface area contributed by atoms with Gasteiger partial charge in [0.25, 0.3) is 0 Å². The number of aromatic nitrogens is 6. The van der Waals surface area contributed by atoms with Crippen LogP contribution in [-0.2, 0) is 12.8 Å². The number of fused-ring (bicyclic) bond motifs is 1. The van der Waals surface area contributed by atoms with Crippen LogP contribution in [0.25, 0.3) is 21.3 Å². The molecule has 120 valence electrons. The van der Waals surface area contributed by atoms with Gasteiger partial charge in [0.1, 0.15) is 5.82 Å². The van der Waals surface area contributed by atoms with Gasteiger partial charge in [-0.25, -0.2) is 4.98 Å². The lowest BCUT2D eigenvalue weighted by Gasteiger charge is -2.24. The van der Waals surface area contributed by atoms with Crippen molar-refractivity contribution in [2.45, 2.75) is 25.3 Å². The highest BCUT2D eigenvalue weighted by Gasteiger charge is 2.24. The first kappa shape index (κ1) is 13.7. The van der Waals surface area contributed by atoms with Crippen LogP contribution in [0.1, 0.15) is 23.7 Å². The minimum absolute atomic E-state index is 0.435. The van der Waals surface area contributed by atoms with Gasteiger partial charge in [-0.2, -0.15) is 10.2 Å². The number of aromatic amines is 2. The average molecular weight is 336 g/mol. The second-order valence-corrected chi connectivity index (χ2v) is 7.15. The molecule has 0 bridgehead atoms. The molecule has 5 rings (SSSR count). The van der Waals surface area contributed by atoms with Crippen molar-refractivity contribution >= 4 is 11.3 Å². The summed E-state index contributed by atoms with van der Waals surface area (Å²) < 4.78 is 2.32. The zero-order valence-electron chi connectivity index (χ0n) is 12.9. The number of H-pyrrole nitrogens is 2. The van der Waals surface area contributed by atoms with Crippen molar-refractivity contribution in [1.82, 2.24) is 29.9 Å². The van der Waals surface area contributed by atoms with Crippen LogP contribution in [0.2, 0.25) is 0 Å². The molecule has 0 saturated heterocycles. The van der Waals surface area contributed by atoms with Crippen molar-refractivity contribution in [3.63, 3.8) is 0 Å². The number of nitrogens with one attached hydrogen (secondary N) is 2. The molecule has 2 N–H and O–H groups in total. The molecule has 1 aliphatic carbocycles. The molecule has 0 saturated carbocycles. The van der Waals surface area contributed by atoms with Crippen LogP contribution in [0.5, 0.6) is 0 Å². The van der Waals surface area contributed by atoms with E-state index in [0.717, 1.165) is 30.8 Å². The Morgan fingerprint density at radius 3 is 2.96 bits per heavy atom. The minimum Gasteiger partial charge on any atom is -0.327 e. The van der Waals surface area contributed by atoms with E-state index in [9.17, 15) is 0 Å². The van der Waals surface area contributed by atoms with Gasteiger partial charge in [0.15, 0.2) is 0 Å². The summed E-state index contributed by atoms with van der Waals surface area (Å²) in [7, 11) is 0. The second-order valence-electron chi connectivity index (χ2n) is 6.06. The Bertz CT molecular complexity index is 961. The Hall–Kier alpha value is -2.67. The summed E-state index contributed by atoms with van der Waals surface area (Å²) in [5.74, 6) is 1.04. The highest BCUT2D eigenvalue weighted by Crippen LogP contribution is 2.36. The largest absolute Gasteiger partial charge is 0.327 e. The molecular weight excluding hydrogens is 320 g/mol. The number of rotatable bonds is 3. The van der Waals surface area contributed by atoms with Gasteiger partial charge in [0.05, 0.1) is 21.6 Å². The summed E-state index contributed by atoms with van der Waals surface area (Å²) in [5, 5.41) is 14.3. The van der Waals surface area contributed by atoms with E-state index in [-0.39, 0.29) is 0 Å². The fourth-order valence-corrected chi connectivity index (χ4v) is 4.41. The van der Waals surface area contributed by atoms with E-state index in [2.05, 4.69) is 48.3 Å². The molecule has 7 heteroatoms. The Balaban J connectivity index is 1.48. The van der Waals surface area contributed by atoms with E-state index >= 15 is 0 Å². The summed E-state index contributed by atoms with van der Waals surface area (Å²) >= 11 is 1.74. The predicted octanol–water partition coefficient (Wildman–Crippen LogP) is 3.45. The Morgan fingerprint density at radius 2 is 2.04 bits per heavy atom. The normalized spacial score (nSPS) is 17.1. The number of hydrogen-bond donors (Lipinski definition) is 2. The molecule has 0 amide bonds. The van der Waals surface area contributed by atoms with Gasteiger partial charge in [0.2, 0.25) is 0 Å². The summed E-state index contributed by atoms with van der Waals surface area (Å²) in [6.45, 7) is 0. The molecule has 4 heterocycles. The van der Waals surface area contributed by atoms with Crippen LogP contribution in [-0.4, -0.2) is 29.9 Å². The molecule has 1 atom stereocenters. The third-order valence-corrected chi connectivity index (χ3v) is 5.76. The molecule has 0 fully saturated rings. The van der Waals surface area contributed by atoms with Gasteiger partial charge in [-0.15, -0.1) is 11.3 Å². The molecule has 4 aromatic heterocycles. The van der Waals surface area contributed by atoms with Crippen LogP contribution < -0.4 is 0 Å². The van der Waals surface area contributed by atoms with E-state index in [1.807, 2.05) is 18.5 Å². The first-order valence-electron chi connectivity index (χ1n) is 8.02. The van der Waals surface area contributed by atoms with Gasteiger partial charge < -0.3 is 4.57 Å². The topological polar surface area (TPSA) is 75.2 Å². The van der Waals surface area contributed by atoms with Crippen molar-refractivity contribution in [2.75, 3.05) is 0 Å². The average Bonchev–Trinajstić information content (AvgIpc) is 3.41. The maximum Gasteiger partial charge on any atom is 0.150 e. The highest BCUT2D eigenvalue weighted by molar-refractivity contribution is 7.18. The second kappa shape index (κ2) is 5.45. The van der Waals surface area contributed by atoms with Gasteiger partial charge in [-0.3, -0.25) is 10.2 Å². The van der Waals surface area contributed by atoms with Gasteiger partial charge in [0, 0.05) is 30.3 Å². The molecule has 0 radical (unpaired) electrons. The lowest BCUT2D eigenvalue weighted by Crippen LogP contribution is -2.18. The van der Waals surface area contributed by atoms with E-state index in [1.54, 1.807) is 17.5 Å². The lowest BCUT2D eigenvalue weighted by molar-refractivity contribution is 0.444. The van der Waals surface area contributed by atoms with Crippen molar-refractivity contribution in [3.05, 3.63) is 54.2 Å². The first-order valence-corrected chi connectivity index (χ1v) is 8.84. The maximum absolute atomic E-state index is 4.62. The zero-order valence-corrected chi connectivity index (χ0v) is 13.8. The number of aryl methyl sites for hydroxylation is 1. The molecule has 4 aromatic rings. The third kappa shape index (κ3) is 2.20. The number of thiophene rings is 1. The van der Waals surface area contributed by atoms with Crippen LogP contribution in [0, 0.1) is 0 Å². The Morgan fingerprint density at radius 1 is 1.08 bits per heavy atom. The molecular formula is C17H16N6S. The van der Waals surface area contributed by atoms with Gasteiger partial charge in [-0.1, -0.05) is 0 Å². The summed E-state index contributed by atoms with van der Waals surface area (Å²) in [5.41, 5.74) is 3.66. The van der Waals surface area contributed by atoms with E-state index < -0.39 is 0 Å². The van der Waals surface area contributed by atoms with E-state index in [1.165, 1.54) is 21.0 Å². The quantitative estimate of drug-likeness (QED) is 0.601. The van der Waals surface area contributed by atoms with Crippen LogP contribution in [0.4, 0.5) is 0 Å². The predicted molar refractivity (Wildman–Crippen MR) is 92.8 cm³/mol. The monoisotopic (exact) mass is 336 g/mol. The molecule has 0 aromatic carbocycles. The van der Waals surface area contributed by atoms with Gasteiger partial charge >= 0.3 is 0 Å². The third-order valence-electron chi connectivity index (χ3n) is 4.65. The number of hydrogen-bond acceptors (Lipinski definition) is 4. The fourth-order valence-electron chi connectivity index (χ4n) is 3.43. The van der Waals surface area contributed by atoms with Crippen molar-refractivity contribution in [2.24, 2.45) is 0 Å². The first-order chi connectivity index (χ1) is 11.9. The van der Waals surface area contributed by atoms with Crippen LogP contribution in [0.15, 0.2) is 43.0 Å². The Labute approximate surface area is 142 Å². The summed E-state index contributed by atoms with van der Waals surface area (Å²) in [6, 6.07) is 6.70. The smallest absolute Gasteiger partial charge is 0.150 e. The molecule has 1 aliphatic rings. The molecule has 0 aliphatic heterocycles. The van der Waals surface area contributed by atoms with Crippen molar-refractivity contribution < 1.29 is 0 Å². The molecule has 0 unspecified atom stereocenters. The van der Waals surface area contributed by atoms with E-state index in [4.69, 9.17) is 0 Å². The van der Waals surface area contributed by atoms with Crippen molar-refractivity contribution in [3.8, 4) is 21.3 Å². The molecule has 6 nitrogen and oxygen atoms in total. The standard InChI is InChI=1S/C17H16N6S/c1-2-13-11(10-20-21-13)9-12(1)23-8-7-18-17(23)16-4-3-15(24-16)14-5-6-19-22-14/h3-8,10,12H,1-2,9H2,(H,19,22)(H,20,21)/t12-/m0/s1. The number of nitrogens with zero attached hydrogens (tertiary/aromatic N) is 4.